The number of nitrogens with one attached hydrogen (secondary N) is 4. The predicted molar refractivity (Wildman–Crippen MR) is 197 cm³/mol. The lowest BCUT2D eigenvalue weighted by Gasteiger charge is -2.17. The van der Waals surface area contributed by atoms with Gasteiger partial charge >= 0.3 is 0 Å². The highest BCUT2D eigenvalue weighted by atomic mass is 35.5. The number of hydrogen-bond donors (Lipinski definition) is 4. The van der Waals surface area contributed by atoms with Crippen molar-refractivity contribution in [3.8, 4) is 39.4 Å². The second kappa shape index (κ2) is 15.4. The van der Waals surface area contributed by atoms with Crippen molar-refractivity contribution in [2.24, 2.45) is 0 Å². The molecule has 0 bridgehead atoms. The van der Waals surface area contributed by atoms with Gasteiger partial charge in [0.1, 0.15) is 5.75 Å². The molecule has 3 aliphatic heterocycles. The van der Waals surface area contributed by atoms with Crippen LogP contribution in [0.2, 0.25) is 10.0 Å². The fourth-order valence-electron chi connectivity index (χ4n) is 6.96. The maximum absolute atomic E-state index is 13.1. The van der Waals surface area contributed by atoms with Gasteiger partial charge in [0, 0.05) is 104 Å². The van der Waals surface area contributed by atoms with Gasteiger partial charge in [0.25, 0.3) is 5.91 Å². The molecule has 0 spiro atoms. The van der Waals surface area contributed by atoms with Crippen LogP contribution in [-0.4, -0.2) is 78.0 Å². The van der Waals surface area contributed by atoms with Gasteiger partial charge in [0.2, 0.25) is 11.8 Å². The Balaban J connectivity index is 1.05. The maximum atomic E-state index is 13.1. The highest BCUT2D eigenvalue weighted by Crippen LogP contribution is 2.42. The summed E-state index contributed by atoms with van der Waals surface area (Å²) in [7, 11) is 1.63. The smallest absolute Gasteiger partial charge is 0.256 e. The van der Waals surface area contributed by atoms with Gasteiger partial charge < -0.3 is 30.9 Å². The first-order valence-corrected chi connectivity index (χ1v) is 17.9. The summed E-state index contributed by atoms with van der Waals surface area (Å²) in [4.78, 5) is 47.2. The van der Waals surface area contributed by atoms with Crippen LogP contribution in [0.3, 0.4) is 0 Å². The highest BCUT2D eigenvalue weighted by molar-refractivity contribution is 6.39. The van der Waals surface area contributed by atoms with Crippen LogP contribution in [0.5, 0.6) is 5.75 Å². The van der Waals surface area contributed by atoms with Crippen molar-refractivity contribution in [2.45, 2.75) is 50.9 Å². The van der Waals surface area contributed by atoms with Gasteiger partial charge in [-0.15, -0.1) is 0 Å². The molecule has 4 N–H and O–H groups in total. The van der Waals surface area contributed by atoms with Crippen molar-refractivity contribution in [3.63, 3.8) is 0 Å². The first kappa shape index (κ1) is 34.9. The van der Waals surface area contributed by atoms with Crippen LogP contribution in [-0.2, 0) is 22.7 Å². The fourth-order valence-corrected chi connectivity index (χ4v) is 7.60. The summed E-state index contributed by atoms with van der Waals surface area (Å²) >= 11 is 14.2. The lowest BCUT2D eigenvalue weighted by atomic mass is 9.98. The van der Waals surface area contributed by atoms with Crippen LogP contribution >= 0.6 is 23.2 Å². The van der Waals surface area contributed by atoms with Crippen molar-refractivity contribution >= 4 is 40.9 Å². The number of benzene rings is 2. The standard InChI is InChI=1S/C38H39Cl2N7O4/c1-51-32-16-22(5-6-23(32)17-42-19-26-8-10-34(49)46-26)37-36(40)28(11-12-43-37)27-3-2-4-29(35(27)39)31-15-24-21-47(38(50)30(24)20-44-31)14-13-41-18-25-7-9-33(48)45-25/h2-6,11-12,15-16,20,25-26,41-42H,7-10,13-14,17-19,21H2,1H3,(H,45,48)(H,46,49). The molecule has 7 rings (SSSR count). The molecule has 3 amide bonds. The lowest BCUT2D eigenvalue weighted by Crippen LogP contribution is -2.39. The van der Waals surface area contributed by atoms with Crippen LogP contribution in [0.1, 0.15) is 47.2 Å². The molecule has 0 saturated carbocycles. The Morgan fingerprint density at radius 1 is 0.863 bits per heavy atom. The summed E-state index contributed by atoms with van der Waals surface area (Å²) in [5.74, 6) is 0.849. The molecule has 3 aliphatic rings. The molecule has 13 heteroatoms. The lowest BCUT2D eigenvalue weighted by molar-refractivity contribution is -0.120. The van der Waals surface area contributed by atoms with E-state index in [2.05, 4.69) is 31.2 Å². The summed E-state index contributed by atoms with van der Waals surface area (Å²) in [6.07, 6.45) is 6.15. The normalized spacial score (nSPS) is 18.3. The van der Waals surface area contributed by atoms with E-state index in [0.717, 1.165) is 46.2 Å². The molecule has 4 aromatic rings. The van der Waals surface area contributed by atoms with E-state index in [1.165, 1.54) is 0 Å². The van der Waals surface area contributed by atoms with Crippen LogP contribution in [0.4, 0.5) is 0 Å². The van der Waals surface area contributed by atoms with Crippen molar-refractivity contribution in [1.82, 2.24) is 36.1 Å². The van der Waals surface area contributed by atoms with Crippen LogP contribution < -0.4 is 26.0 Å². The van der Waals surface area contributed by atoms with Gasteiger partial charge in [-0.2, -0.15) is 0 Å². The number of hydrogen-bond acceptors (Lipinski definition) is 8. The van der Waals surface area contributed by atoms with E-state index in [-0.39, 0.29) is 29.8 Å². The third-order valence-corrected chi connectivity index (χ3v) is 10.5. The Kier molecular flexibility index (Phi) is 10.5. The number of aromatic nitrogens is 2. The molecule has 2 saturated heterocycles. The highest BCUT2D eigenvalue weighted by Gasteiger charge is 2.29. The predicted octanol–water partition coefficient (Wildman–Crippen LogP) is 4.99. The molecule has 0 aliphatic carbocycles. The molecule has 11 nitrogen and oxygen atoms in total. The first-order chi connectivity index (χ1) is 24.8. The monoisotopic (exact) mass is 727 g/mol. The summed E-state index contributed by atoms with van der Waals surface area (Å²) in [5.41, 5.74) is 6.72. The number of halogens is 2. The molecule has 5 heterocycles. The van der Waals surface area contributed by atoms with E-state index >= 15 is 0 Å². The number of methoxy groups -OCH3 is 1. The molecular formula is C38H39Cl2N7O4. The van der Waals surface area contributed by atoms with Gasteiger partial charge in [-0.1, -0.05) is 53.5 Å². The van der Waals surface area contributed by atoms with Crippen molar-refractivity contribution in [3.05, 3.63) is 87.7 Å². The minimum absolute atomic E-state index is 0.0454. The van der Waals surface area contributed by atoms with Crippen molar-refractivity contribution < 1.29 is 19.1 Å². The molecule has 2 aromatic carbocycles. The summed E-state index contributed by atoms with van der Waals surface area (Å²) < 4.78 is 5.73. The number of pyridine rings is 2. The zero-order valence-electron chi connectivity index (χ0n) is 28.2. The molecule has 2 atom stereocenters. The van der Waals surface area contributed by atoms with Crippen molar-refractivity contribution in [2.75, 3.05) is 33.3 Å². The number of fused-ring (bicyclic) bond motifs is 1. The number of rotatable bonds is 13. The van der Waals surface area contributed by atoms with E-state index in [0.29, 0.717) is 84.9 Å². The molecule has 264 valence electrons. The third-order valence-electron chi connectivity index (χ3n) is 9.71. The number of carbonyl (C=O) groups is 3. The Morgan fingerprint density at radius 2 is 1.59 bits per heavy atom. The van der Waals surface area contributed by atoms with Crippen LogP contribution in [0.25, 0.3) is 33.6 Å². The van der Waals surface area contributed by atoms with Gasteiger partial charge in [0.15, 0.2) is 0 Å². The largest absolute Gasteiger partial charge is 0.496 e. The minimum atomic E-state index is -0.0454. The number of carbonyl (C=O) groups excluding carboxylic acids is 3. The Hall–Kier alpha value is -4.55. The minimum Gasteiger partial charge on any atom is -0.496 e. The Morgan fingerprint density at radius 3 is 2.31 bits per heavy atom. The van der Waals surface area contributed by atoms with E-state index in [1.807, 2.05) is 53.4 Å². The first-order valence-electron chi connectivity index (χ1n) is 17.2. The zero-order valence-corrected chi connectivity index (χ0v) is 29.7. The quantitative estimate of drug-likeness (QED) is 0.142. The topological polar surface area (TPSA) is 138 Å². The number of nitrogens with zero attached hydrogens (tertiary/aromatic N) is 3. The molecular weight excluding hydrogens is 689 g/mol. The van der Waals surface area contributed by atoms with Crippen molar-refractivity contribution in [1.29, 1.82) is 0 Å². The molecule has 51 heavy (non-hydrogen) atoms. The molecule has 2 unspecified atom stereocenters. The van der Waals surface area contributed by atoms with Crippen LogP contribution in [0, 0.1) is 0 Å². The molecule has 0 radical (unpaired) electrons. The van der Waals surface area contributed by atoms with E-state index < -0.39 is 0 Å². The number of ether oxygens (including phenoxy) is 1. The van der Waals surface area contributed by atoms with Crippen LogP contribution in [0.15, 0.2) is 60.9 Å². The Bertz CT molecular complexity index is 1990. The average Bonchev–Trinajstić information content (AvgIpc) is 3.84. The second-order valence-electron chi connectivity index (χ2n) is 13.1. The summed E-state index contributed by atoms with van der Waals surface area (Å²) in [6.45, 7) is 3.62. The van der Waals surface area contributed by atoms with Gasteiger partial charge in [-0.05, 0) is 36.6 Å². The van der Waals surface area contributed by atoms with Gasteiger partial charge in [-0.3, -0.25) is 24.4 Å². The summed E-state index contributed by atoms with van der Waals surface area (Å²) in [5, 5.41) is 13.6. The van der Waals surface area contributed by atoms with E-state index in [1.54, 1.807) is 19.5 Å². The molecule has 2 aromatic heterocycles. The maximum Gasteiger partial charge on any atom is 0.256 e. The molecule has 2 fully saturated rings. The summed E-state index contributed by atoms with van der Waals surface area (Å²) in [6, 6.07) is 15.7. The van der Waals surface area contributed by atoms with E-state index in [9.17, 15) is 14.4 Å². The zero-order chi connectivity index (χ0) is 35.5. The van der Waals surface area contributed by atoms with Gasteiger partial charge in [0.05, 0.1) is 34.1 Å². The van der Waals surface area contributed by atoms with Gasteiger partial charge in [-0.25, -0.2) is 0 Å². The second-order valence-corrected chi connectivity index (χ2v) is 13.9. The fraction of sp³-hybridized carbons (Fsp3) is 0.342. The third kappa shape index (κ3) is 7.57. The SMILES string of the molecule is COc1cc(-c2nccc(-c3cccc(-c4cc5c(cn4)C(=O)N(CCNCC4CCC(=O)N4)C5)c3Cl)c2Cl)ccc1CNCC1CCC(=O)N1. The Labute approximate surface area is 306 Å². The average molecular weight is 729 g/mol. The number of amides is 3. The van der Waals surface area contributed by atoms with E-state index in [4.69, 9.17) is 27.9 Å².